The zero-order valence-electron chi connectivity index (χ0n) is 13.8. The van der Waals surface area contributed by atoms with Gasteiger partial charge >= 0.3 is 0 Å². The summed E-state index contributed by atoms with van der Waals surface area (Å²) in [5.41, 5.74) is 6.12. The second-order valence-corrected chi connectivity index (χ2v) is 7.48. The van der Waals surface area contributed by atoms with Crippen LogP contribution < -0.4 is 0 Å². The van der Waals surface area contributed by atoms with Crippen LogP contribution in [0.4, 0.5) is 0 Å². The van der Waals surface area contributed by atoms with Gasteiger partial charge in [-0.3, -0.25) is 4.79 Å². The van der Waals surface area contributed by atoms with Crippen LogP contribution in [0.5, 0.6) is 5.75 Å². The second-order valence-electron chi connectivity index (χ2n) is 6.64. The molecule has 2 aromatic carbocycles. The van der Waals surface area contributed by atoms with E-state index in [1.165, 1.54) is 28.3 Å². The normalized spacial score (nSPS) is 16.0. The highest BCUT2D eigenvalue weighted by atomic mass is 35.5. The number of phenolic OH excluding ortho intramolecular Hbond substituents is 1. The van der Waals surface area contributed by atoms with Gasteiger partial charge in [-0.2, -0.15) is 0 Å². The quantitative estimate of drug-likeness (QED) is 0.774. The van der Waals surface area contributed by atoms with E-state index >= 15 is 0 Å². The standard InChI is InChI=1S/C20H17Cl2NO2/c1-11-18(22)7-13(8-19(11)24)20(25)23-5-4-16-14(10-23)6-12-2-3-15(21)9-17(12)16/h2-3,7-9,24H,4-6,10H2,1H3. The van der Waals surface area contributed by atoms with Gasteiger partial charge in [-0.15, -0.1) is 0 Å². The maximum absolute atomic E-state index is 12.8. The molecule has 0 fully saturated rings. The van der Waals surface area contributed by atoms with Crippen LogP contribution >= 0.6 is 23.2 Å². The monoisotopic (exact) mass is 373 g/mol. The Balaban J connectivity index is 1.60. The fraction of sp³-hybridized carbons (Fsp3) is 0.250. The number of benzene rings is 2. The van der Waals surface area contributed by atoms with Crippen molar-refractivity contribution in [2.24, 2.45) is 0 Å². The average molecular weight is 374 g/mol. The lowest BCUT2D eigenvalue weighted by atomic mass is 9.98. The zero-order chi connectivity index (χ0) is 17.7. The second kappa shape index (κ2) is 6.08. The molecule has 0 aromatic heterocycles. The van der Waals surface area contributed by atoms with Crippen molar-refractivity contribution in [1.29, 1.82) is 0 Å². The van der Waals surface area contributed by atoms with Crippen molar-refractivity contribution in [3.63, 3.8) is 0 Å². The smallest absolute Gasteiger partial charge is 0.254 e. The molecule has 2 aromatic rings. The van der Waals surface area contributed by atoms with Gasteiger partial charge in [-0.1, -0.05) is 29.3 Å². The van der Waals surface area contributed by atoms with E-state index in [9.17, 15) is 9.90 Å². The lowest BCUT2D eigenvalue weighted by Crippen LogP contribution is -2.36. The largest absolute Gasteiger partial charge is 0.508 e. The summed E-state index contributed by atoms with van der Waals surface area (Å²) in [7, 11) is 0. The molecule has 0 radical (unpaired) electrons. The van der Waals surface area contributed by atoms with E-state index in [4.69, 9.17) is 23.2 Å². The minimum Gasteiger partial charge on any atom is -0.508 e. The first kappa shape index (κ1) is 16.5. The number of aromatic hydroxyl groups is 1. The Bertz CT molecular complexity index is 910. The Morgan fingerprint density at radius 2 is 2.00 bits per heavy atom. The summed E-state index contributed by atoms with van der Waals surface area (Å²) in [4.78, 5) is 14.7. The number of fused-ring (bicyclic) bond motifs is 2. The summed E-state index contributed by atoms with van der Waals surface area (Å²) < 4.78 is 0. The topological polar surface area (TPSA) is 40.5 Å². The van der Waals surface area contributed by atoms with E-state index in [1.807, 2.05) is 17.0 Å². The first-order valence-electron chi connectivity index (χ1n) is 8.22. The van der Waals surface area contributed by atoms with E-state index in [0.717, 1.165) is 17.9 Å². The Morgan fingerprint density at radius 3 is 2.76 bits per heavy atom. The van der Waals surface area contributed by atoms with Gasteiger partial charge in [0.2, 0.25) is 0 Å². The minimum atomic E-state index is -0.0993. The fourth-order valence-electron chi connectivity index (χ4n) is 3.67. The molecule has 128 valence electrons. The number of carbonyl (C=O) groups excluding carboxylic acids is 1. The molecule has 25 heavy (non-hydrogen) atoms. The van der Waals surface area contributed by atoms with Crippen LogP contribution in [-0.2, 0) is 6.42 Å². The van der Waals surface area contributed by atoms with Gasteiger partial charge in [0.25, 0.3) is 5.91 Å². The van der Waals surface area contributed by atoms with Gasteiger partial charge in [-0.05, 0) is 66.3 Å². The van der Waals surface area contributed by atoms with E-state index in [0.29, 0.717) is 29.2 Å². The highest BCUT2D eigenvalue weighted by Gasteiger charge is 2.29. The van der Waals surface area contributed by atoms with Gasteiger partial charge in [0, 0.05) is 34.3 Å². The number of hydrogen-bond donors (Lipinski definition) is 1. The molecule has 1 heterocycles. The molecule has 4 rings (SSSR count). The first-order valence-corrected chi connectivity index (χ1v) is 8.97. The summed E-state index contributed by atoms with van der Waals surface area (Å²) in [6.07, 6.45) is 1.69. The SMILES string of the molecule is Cc1c(O)cc(C(=O)N2CCC3=C(Cc4ccc(Cl)cc43)C2)cc1Cl. The number of carbonyl (C=O) groups is 1. The van der Waals surface area contributed by atoms with Crippen LogP contribution in [0.25, 0.3) is 5.57 Å². The highest BCUT2D eigenvalue weighted by Crippen LogP contribution is 2.39. The Labute approximate surface area is 156 Å². The molecule has 0 saturated heterocycles. The molecule has 0 unspecified atom stereocenters. The Morgan fingerprint density at radius 1 is 1.20 bits per heavy atom. The molecule has 1 aliphatic heterocycles. The van der Waals surface area contributed by atoms with Gasteiger partial charge in [0.1, 0.15) is 5.75 Å². The van der Waals surface area contributed by atoms with Crippen LogP contribution in [0, 0.1) is 6.92 Å². The van der Waals surface area contributed by atoms with Crippen LogP contribution in [0.3, 0.4) is 0 Å². The molecule has 0 saturated carbocycles. The number of nitrogens with zero attached hydrogens (tertiary/aromatic N) is 1. The van der Waals surface area contributed by atoms with Crippen molar-refractivity contribution in [3.8, 4) is 5.75 Å². The first-order chi connectivity index (χ1) is 11.9. The van der Waals surface area contributed by atoms with Crippen LogP contribution in [0.2, 0.25) is 10.0 Å². The van der Waals surface area contributed by atoms with Crippen LogP contribution in [0.1, 0.15) is 33.5 Å². The summed E-state index contributed by atoms with van der Waals surface area (Å²) in [6.45, 7) is 2.98. The lowest BCUT2D eigenvalue weighted by Gasteiger charge is -2.29. The maximum atomic E-state index is 12.8. The Hall–Kier alpha value is -1.97. The van der Waals surface area contributed by atoms with Gasteiger partial charge in [-0.25, -0.2) is 0 Å². The fourth-order valence-corrected chi connectivity index (χ4v) is 4.06. The van der Waals surface area contributed by atoms with Crippen molar-refractivity contribution in [3.05, 3.63) is 68.2 Å². The Kier molecular flexibility index (Phi) is 4.01. The van der Waals surface area contributed by atoms with Crippen LogP contribution in [-0.4, -0.2) is 29.0 Å². The van der Waals surface area contributed by atoms with E-state index in [2.05, 4.69) is 6.07 Å². The van der Waals surface area contributed by atoms with Crippen LogP contribution in [0.15, 0.2) is 35.9 Å². The van der Waals surface area contributed by atoms with Crippen molar-refractivity contribution in [2.75, 3.05) is 13.1 Å². The molecular formula is C20H17Cl2NO2. The molecule has 1 N–H and O–H groups in total. The van der Waals surface area contributed by atoms with Gasteiger partial charge in [0.05, 0.1) is 0 Å². The van der Waals surface area contributed by atoms with E-state index in [1.54, 1.807) is 13.0 Å². The predicted octanol–water partition coefficient (Wildman–Crippen LogP) is 4.86. The molecular weight excluding hydrogens is 357 g/mol. The van der Waals surface area contributed by atoms with Gasteiger partial charge < -0.3 is 10.0 Å². The number of halogens is 2. The summed E-state index contributed by atoms with van der Waals surface area (Å²) in [5.74, 6) is -0.0478. The maximum Gasteiger partial charge on any atom is 0.254 e. The van der Waals surface area contributed by atoms with E-state index < -0.39 is 0 Å². The molecule has 5 heteroatoms. The third-order valence-corrected chi connectivity index (χ3v) is 5.72. The van der Waals surface area contributed by atoms with Gasteiger partial charge in [0.15, 0.2) is 0 Å². The number of rotatable bonds is 1. The highest BCUT2D eigenvalue weighted by molar-refractivity contribution is 6.32. The number of amides is 1. The number of phenols is 1. The summed E-state index contributed by atoms with van der Waals surface area (Å²) in [5, 5.41) is 11.1. The molecule has 3 nitrogen and oxygen atoms in total. The summed E-state index contributed by atoms with van der Waals surface area (Å²) >= 11 is 12.2. The summed E-state index contributed by atoms with van der Waals surface area (Å²) in [6, 6.07) is 9.13. The molecule has 2 aliphatic rings. The molecule has 0 atom stereocenters. The van der Waals surface area contributed by atoms with E-state index in [-0.39, 0.29) is 11.7 Å². The average Bonchev–Trinajstić information content (AvgIpc) is 2.95. The molecule has 0 bridgehead atoms. The lowest BCUT2D eigenvalue weighted by molar-refractivity contribution is 0.0767. The van der Waals surface area contributed by atoms with Crippen molar-refractivity contribution >= 4 is 34.7 Å². The van der Waals surface area contributed by atoms with Crippen molar-refractivity contribution in [1.82, 2.24) is 4.90 Å². The minimum absolute atomic E-state index is 0.0516. The third-order valence-electron chi connectivity index (χ3n) is 5.09. The zero-order valence-corrected chi connectivity index (χ0v) is 15.3. The molecule has 1 aliphatic carbocycles. The predicted molar refractivity (Wildman–Crippen MR) is 100 cm³/mol. The molecule has 1 amide bonds. The molecule has 0 spiro atoms. The van der Waals surface area contributed by atoms with Crippen molar-refractivity contribution in [2.45, 2.75) is 19.8 Å². The number of hydrogen-bond acceptors (Lipinski definition) is 2. The van der Waals surface area contributed by atoms with Crippen molar-refractivity contribution < 1.29 is 9.90 Å². The third kappa shape index (κ3) is 2.82.